The maximum atomic E-state index is 13.5. The van der Waals surface area contributed by atoms with Crippen molar-refractivity contribution >= 4 is 22.8 Å². The van der Waals surface area contributed by atoms with Crippen LogP contribution in [0.5, 0.6) is 28.7 Å². The van der Waals surface area contributed by atoms with E-state index in [1.165, 1.54) is 0 Å². The number of methoxy groups -OCH3 is 1. The van der Waals surface area contributed by atoms with Crippen LogP contribution in [0, 0.1) is 6.92 Å². The molecular weight excluding hydrogens is 484 g/mol. The molecule has 0 fully saturated rings. The Kier molecular flexibility index (Phi) is 5.13. The molecule has 7 rings (SSSR count). The van der Waals surface area contributed by atoms with Gasteiger partial charge >= 0.3 is 0 Å². The van der Waals surface area contributed by atoms with Gasteiger partial charge in [-0.1, -0.05) is 6.07 Å². The van der Waals surface area contributed by atoms with Gasteiger partial charge in [-0.25, -0.2) is 0 Å². The summed E-state index contributed by atoms with van der Waals surface area (Å²) in [6.45, 7) is 3.87. The number of benzene rings is 3. The molecule has 4 aromatic rings. The number of carbonyl (C=O) groups excluding carboxylic acids is 1. The Hall–Kier alpha value is -4.43. The second kappa shape index (κ2) is 8.56. The lowest BCUT2D eigenvalue weighted by Crippen LogP contribution is -2.31. The van der Waals surface area contributed by atoms with E-state index in [1.807, 2.05) is 73.3 Å². The van der Waals surface area contributed by atoms with E-state index >= 15 is 0 Å². The van der Waals surface area contributed by atoms with Crippen molar-refractivity contribution in [3.05, 3.63) is 82.2 Å². The van der Waals surface area contributed by atoms with Crippen LogP contribution in [0.1, 0.15) is 32.6 Å². The number of aryl methyl sites for hydroxylation is 2. The summed E-state index contributed by atoms with van der Waals surface area (Å²) in [5.74, 6) is 3.81. The fraction of sp³-hybridized carbons (Fsp3) is 0.233. The first-order valence-corrected chi connectivity index (χ1v) is 12.5. The fourth-order valence-corrected chi connectivity index (χ4v) is 5.46. The number of carbonyl (C=O) groups is 1. The third-order valence-corrected chi connectivity index (χ3v) is 7.34. The molecule has 192 valence electrons. The fourth-order valence-electron chi connectivity index (χ4n) is 5.46. The van der Waals surface area contributed by atoms with E-state index in [1.54, 1.807) is 7.11 Å². The van der Waals surface area contributed by atoms with Crippen LogP contribution in [-0.4, -0.2) is 35.9 Å². The van der Waals surface area contributed by atoms with Crippen molar-refractivity contribution in [1.29, 1.82) is 0 Å². The molecule has 0 bridgehead atoms. The Labute approximate surface area is 219 Å². The lowest BCUT2D eigenvalue weighted by molar-refractivity contribution is 0.0871. The van der Waals surface area contributed by atoms with Crippen LogP contribution in [-0.2, 0) is 20.1 Å². The van der Waals surface area contributed by atoms with Crippen LogP contribution < -0.4 is 23.7 Å². The Morgan fingerprint density at radius 2 is 1.89 bits per heavy atom. The van der Waals surface area contributed by atoms with Crippen LogP contribution in [0.25, 0.3) is 17.0 Å². The van der Waals surface area contributed by atoms with Crippen molar-refractivity contribution in [3.8, 4) is 28.7 Å². The van der Waals surface area contributed by atoms with Crippen LogP contribution in [0.2, 0.25) is 0 Å². The van der Waals surface area contributed by atoms with Gasteiger partial charge in [0, 0.05) is 42.8 Å². The average Bonchev–Trinajstić information content (AvgIpc) is 3.60. The SMILES string of the molecule is COc1ccc2c(c1)c(/C=C1\Oc3c4c(cc(C)c3C1=O)OCN(Cc1ccc3c(c1)OCO3)C4)cn2C. The van der Waals surface area contributed by atoms with Crippen LogP contribution >= 0.6 is 0 Å². The van der Waals surface area contributed by atoms with Gasteiger partial charge in [-0.2, -0.15) is 0 Å². The highest BCUT2D eigenvalue weighted by molar-refractivity contribution is 6.16. The molecule has 0 saturated carbocycles. The molecule has 0 aliphatic carbocycles. The standard InChI is InChI=1S/C30H26N2O6/c1-17-8-25-22(14-32(15-35-25)12-18-4-7-24-26(9-18)37-16-36-24)30-28(17)29(33)27(38-30)10-19-13-31(2)23-6-5-20(34-3)11-21(19)23/h4-11,13H,12,14-16H2,1-3H3/b27-10-. The van der Waals surface area contributed by atoms with E-state index in [9.17, 15) is 4.79 Å². The first kappa shape index (κ1) is 22.7. The third-order valence-electron chi connectivity index (χ3n) is 7.34. The molecular formula is C30H26N2O6. The maximum absolute atomic E-state index is 13.5. The molecule has 0 amide bonds. The average molecular weight is 511 g/mol. The van der Waals surface area contributed by atoms with Gasteiger partial charge in [-0.3, -0.25) is 9.69 Å². The molecule has 4 heterocycles. The molecule has 8 heteroatoms. The van der Waals surface area contributed by atoms with Crippen molar-refractivity contribution in [2.75, 3.05) is 20.6 Å². The predicted molar refractivity (Wildman–Crippen MR) is 141 cm³/mol. The molecule has 3 aliphatic rings. The lowest BCUT2D eigenvalue weighted by atomic mass is 9.98. The molecule has 8 nitrogen and oxygen atoms in total. The number of hydrogen-bond acceptors (Lipinski definition) is 7. The van der Waals surface area contributed by atoms with E-state index < -0.39 is 0 Å². The number of ketones is 1. The van der Waals surface area contributed by atoms with Gasteiger partial charge in [0.25, 0.3) is 0 Å². The Morgan fingerprint density at radius 3 is 2.76 bits per heavy atom. The van der Waals surface area contributed by atoms with Gasteiger partial charge in [0.2, 0.25) is 12.6 Å². The van der Waals surface area contributed by atoms with Crippen LogP contribution in [0.15, 0.2) is 54.4 Å². The quantitative estimate of drug-likeness (QED) is 0.350. The number of fused-ring (bicyclic) bond motifs is 5. The summed E-state index contributed by atoms with van der Waals surface area (Å²) in [6, 6.07) is 13.8. The molecule has 0 spiro atoms. The summed E-state index contributed by atoms with van der Waals surface area (Å²) in [7, 11) is 3.63. The number of aromatic nitrogens is 1. The highest BCUT2D eigenvalue weighted by atomic mass is 16.7. The highest BCUT2D eigenvalue weighted by Crippen LogP contribution is 2.44. The lowest BCUT2D eigenvalue weighted by Gasteiger charge is -2.30. The van der Waals surface area contributed by atoms with Crippen molar-refractivity contribution < 1.29 is 28.5 Å². The smallest absolute Gasteiger partial charge is 0.232 e. The van der Waals surface area contributed by atoms with Crippen molar-refractivity contribution in [2.24, 2.45) is 7.05 Å². The molecule has 0 saturated heterocycles. The number of rotatable bonds is 4. The highest BCUT2D eigenvalue weighted by Gasteiger charge is 2.35. The van der Waals surface area contributed by atoms with Gasteiger partial charge in [0.1, 0.15) is 24.0 Å². The number of hydrogen-bond donors (Lipinski definition) is 0. The molecule has 0 unspecified atom stereocenters. The van der Waals surface area contributed by atoms with Crippen molar-refractivity contribution in [2.45, 2.75) is 20.0 Å². The first-order valence-electron chi connectivity index (χ1n) is 12.5. The van der Waals surface area contributed by atoms with E-state index in [4.69, 9.17) is 23.7 Å². The zero-order valence-electron chi connectivity index (χ0n) is 21.4. The third kappa shape index (κ3) is 3.60. The summed E-state index contributed by atoms with van der Waals surface area (Å²) < 4.78 is 30.8. The zero-order chi connectivity index (χ0) is 26.0. The normalized spacial score (nSPS) is 16.9. The zero-order valence-corrected chi connectivity index (χ0v) is 21.4. The molecule has 0 atom stereocenters. The van der Waals surface area contributed by atoms with Gasteiger partial charge in [-0.15, -0.1) is 0 Å². The minimum atomic E-state index is -0.118. The number of ether oxygens (including phenoxy) is 5. The van der Waals surface area contributed by atoms with Gasteiger partial charge < -0.3 is 28.3 Å². The van der Waals surface area contributed by atoms with Gasteiger partial charge in [-0.05, 0) is 60.5 Å². The number of allylic oxidation sites excluding steroid dienone is 1. The van der Waals surface area contributed by atoms with Crippen molar-refractivity contribution in [1.82, 2.24) is 9.47 Å². The largest absolute Gasteiger partial charge is 0.497 e. The van der Waals surface area contributed by atoms with E-state index in [-0.39, 0.29) is 12.6 Å². The topological polar surface area (TPSA) is 71.4 Å². The van der Waals surface area contributed by atoms with Crippen LogP contribution in [0.3, 0.4) is 0 Å². The molecule has 0 N–H and O–H groups in total. The summed E-state index contributed by atoms with van der Waals surface area (Å²) in [5.41, 5.74) is 5.35. The summed E-state index contributed by atoms with van der Waals surface area (Å²) in [4.78, 5) is 15.7. The number of nitrogens with zero attached hydrogens (tertiary/aromatic N) is 2. The number of Topliss-reactive ketones (excluding diaryl/α,β-unsaturated/α-hetero) is 1. The van der Waals surface area contributed by atoms with E-state index in [0.29, 0.717) is 36.9 Å². The van der Waals surface area contributed by atoms with Crippen molar-refractivity contribution in [3.63, 3.8) is 0 Å². The molecule has 3 aromatic carbocycles. The van der Waals surface area contributed by atoms with E-state index in [0.717, 1.165) is 56.2 Å². The Balaban J connectivity index is 1.21. The summed E-state index contributed by atoms with van der Waals surface area (Å²) in [6.07, 6.45) is 3.82. The predicted octanol–water partition coefficient (Wildman–Crippen LogP) is 5.19. The molecule has 1 aromatic heterocycles. The molecule has 3 aliphatic heterocycles. The molecule has 38 heavy (non-hydrogen) atoms. The van der Waals surface area contributed by atoms with Gasteiger partial charge in [0.05, 0.1) is 18.2 Å². The first-order chi connectivity index (χ1) is 18.5. The summed E-state index contributed by atoms with van der Waals surface area (Å²) in [5, 5.41) is 0.990. The van der Waals surface area contributed by atoms with E-state index in [2.05, 4.69) is 4.90 Å². The monoisotopic (exact) mass is 510 g/mol. The summed E-state index contributed by atoms with van der Waals surface area (Å²) >= 11 is 0. The second-order valence-corrected chi connectivity index (χ2v) is 9.84. The Morgan fingerprint density at radius 1 is 1.03 bits per heavy atom. The Bertz CT molecular complexity index is 1670. The minimum absolute atomic E-state index is 0.118. The maximum Gasteiger partial charge on any atom is 0.232 e. The molecule has 0 radical (unpaired) electrons. The minimum Gasteiger partial charge on any atom is -0.497 e. The second-order valence-electron chi connectivity index (χ2n) is 9.84. The van der Waals surface area contributed by atoms with Crippen LogP contribution in [0.4, 0.5) is 0 Å². The van der Waals surface area contributed by atoms with Gasteiger partial charge in [0.15, 0.2) is 17.3 Å².